The highest BCUT2D eigenvalue weighted by Crippen LogP contribution is 2.21. The monoisotopic (exact) mass is 222 g/mol. The topological polar surface area (TPSA) is 44.1 Å². The van der Waals surface area contributed by atoms with Crippen molar-refractivity contribution in [2.45, 2.75) is 46.0 Å². The summed E-state index contributed by atoms with van der Waals surface area (Å²) in [7, 11) is 0. The van der Waals surface area contributed by atoms with Gasteiger partial charge in [-0.3, -0.25) is 4.79 Å². The Morgan fingerprint density at radius 3 is 2.50 bits per heavy atom. The molecule has 0 atom stereocenters. The molecule has 0 aromatic carbocycles. The number of likely N-dealkylation sites (tertiary alicyclic amines) is 1. The van der Waals surface area contributed by atoms with Crippen molar-refractivity contribution < 1.29 is 4.79 Å². The number of rotatable bonds is 5. The van der Waals surface area contributed by atoms with Gasteiger partial charge in [-0.25, -0.2) is 0 Å². The van der Waals surface area contributed by atoms with Crippen LogP contribution in [0, 0.1) is 16.7 Å². The number of hydrogen-bond acceptors (Lipinski definition) is 3. The molecule has 1 saturated heterocycles. The lowest BCUT2D eigenvalue weighted by atomic mass is 9.89. The molecule has 1 aliphatic heterocycles. The lowest BCUT2D eigenvalue weighted by Crippen LogP contribution is -2.34. The maximum atomic E-state index is 11.0. The molecule has 0 radical (unpaired) electrons. The van der Waals surface area contributed by atoms with Crippen LogP contribution < -0.4 is 0 Å². The van der Waals surface area contributed by atoms with Gasteiger partial charge in [-0.2, -0.15) is 5.26 Å². The van der Waals surface area contributed by atoms with Crippen LogP contribution >= 0.6 is 0 Å². The summed E-state index contributed by atoms with van der Waals surface area (Å²) >= 11 is 0. The molecule has 1 fully saturated rings. The minimum absolute atomic E-state index is 0.183. The van der Waals surface area contributed by atoms with Crippen molar-refractivity contribution in [1.29, 1.82) is 5.26 Å². The van der Waals surface area contributed by atoms with E-state index in [9.17, 15) is 4.79 Å². The molecular weight excluding hydrogens is 200 g/mol. The van der Waals surface area contributed by atoms with Gasteiger partial charge in [-0.05, 0) is 33.2 Å². The lowest BCUT2D eigenvalue weighted by molar-refractivity contribution is -0.121. The predicted molar refractivity (Wildman–Crippen MR) is 63.9 cm³/mol. The van der Waals surface area contributed by atoms with Crippen molar-refractivity contribution in [3.63, 3.8) is 0 Å². The van der Waals surface area contributed by atoms with Gasteiger partial charge in [0.15, 0.2) is 0 Å². The minimum atomic E-state index is -0.183. The second kappa shape index (κ2) is 6.00. The van der Waals surface area contributed by atoms with Crippen LogP contribution in [0.15, 0.2) is 0 Å². The molecule has 0 aromatic rings. The highest BCUT2D eigenvalue weighted by Gasteiger charge is 2.17. The number of ketones is 1. The van der Waals surface area contributed by atoms with Crippen LogP contribution in [0.25, 0.3) is 0 Å². The zero-order valence-electron chi connectivity index (χ0n) is 10.5. The molecule has 0 amide bonds. The highest BCUT2D eigenvalue weighted by atomic mass is 16.1. The van der Waals surface area contributed by atoms with Crippen LogP contribution in [-0.4, -0.2) is 30.3 Å². The molecule has 1 heterocycles. The van der Waals surface area contributed by atoms with E-state index in [4.69, 9.17) is 5.26 Å². The maximum Gasteiger partial charge on any atom is 0.135 e. The molecule has 90 valence electrons. The van der Waals surface area contributed by atoms with Gasteiger partial charge in [0.1, 0.15) is 5.78 Å². The smallest absolute Gasteiger partial charge is 0.135 e. The predicted octanol–water partition coefficient (Wildman–Crippen LogP) is 2.37. The second-order valence-electron chi connectivity index (χ2n) is 5.33. The quantitative estimate of drug-likeness (QED) is 0.671. The Kier molecular flexibility index (Phi) is 4.95. The van der Waals surface area contributed by atoms with Gasteiger partial charge in [-0.1, -0.05) is 6.42 Å². The Morgan fingerprint density at radius 1 is 1.31 bits per heavy atom. The fraction of sp³-hybridized carbons (Fsp3) is 0.846. The Bertz CT molecular complexity index is 268. The van der Waals surface area contributed by atoms with E-state index in [1.807, 2.05) is 13.8 Å². The summed E-state index contributed by atoms with van der Waals surface area (Å²) < 4.78 is 0. The first-order valence-electron chi connectivity index (χ1n) is 6.19. The summed E-state index contributed by atoms with van der Waals surface area (Å²) in [6.07, 6.45) is 4.66. The van der Waals surface area contributed by atoms with E-state index >= 15 is 0 Å². The summed E-state index contributed by atoms with van der Waals surface area (Å²) in [4.78, 5) is 13.4. The molecule has 0 bridgehead atoms. The summed E-state index contributed by atoms with van der Waals surface area (Å²) in [5.74, 6) is 0.405. The van der Waals surface area contributed by atoms with Gasteiger partial charge in [0, 0.05) is 25.9 Å². The van der Waals surface area contributed by atoms with E-state index in [-0.39, 0.29) is 5.41 Å². The molecule has 1 aliphatic rings. The molecule has 0 aliphatic carbocycles. The van der Waals surface area contributed by atoms with Gasteiger partial charge in [-0.15, -0.1) is 0 Å². The summed E-state index contributed by atoms with van der Waals surface area (Å²) in [6, 6.07) is 2.33. The molecule has 0 spiro atoms. The number of unbranched alkanes of at least 4 members (excludes halogenated alkanes) is 1. The minimum Gasteiger partial charge on any atom is -0.302 e. The number of carbonyl (C=O) groups excluding carboxylic acids is 1. The zero-order valence-corrected chi connectivity index (χ0v) is 10.5. The summed E-state index contributed by atoms with van der Waals surface area (Å²) in [6.45, 7) is 6.93. The fourth-order valence-electron chi connectivity index (χ4n) is 1.98. The highest BCUT2D eigenvalue weighted by molar-refractivity contribution is 5.79. The van der Waals surface area contributed by atoms with Crippen molar-refractivity contribution in [2.24, 2.45) is 5.41 Å². The molecule has 0 saturated carbocycles. The van der Waals surface area contributed by atoms with E-state index in [2.05, 4.69) is 11.0 Å². The molecule has 3 nitrogen and oxygen atoms in total. The SMILES string of the molecule is CC(C)(C#N)CCCCN1CCC(=O)CC1. The largest absolute Gasteiger partial charge is 0.302 e. The number of hydrogen-bond donors (Lipinski definition) is 0. The summed E-state index contributed by atoms with van der Waals surface area (Å²) in [5, 5.41) is 8.87. The van der Waals surface area contributed by atoms with E-state index in [0.29, 0.717) is 5.78 Å². The average molecular weight is 222 g/mol. The summed E-state index contributed by atoms with van der Waals surface area (Å²) in [5.41, 5.74) is -0.183. The maximum absolute atomic E-state index is 11.0. The third-order valence-electron chi connectivity index (χ3n) is 3.24. The number of Topliss-reactive ketones (excluding diaryl/α,β-unsaturated/α-hetero) is 1. The van der Waals surface area contributed by atoms with Gasteiger partial charge >= 0.3 is 0 Å². The number of piperidine rings is 1. The fourth-order valence-corrected chi connectivity index (χ4v) is 1.98. The molecule has 1 rings (SSSR count). The molecule has 16 heavy (non-hydrogen) atoms. The number of carbonyl (C=O) groups is 1. The van der Waals surface area contributed by atoms with E-state index in [0.717, 1.165) is 51.7 Å². The lowest BCUT2D eigenvalue weighted by Gasteiger charge is -2.26. The van der Waals surface area contributed by atoms with Crippen molar-refractivity contribution in [3.05, 3.63) is 0 Å². The molecule has 0 aromatic heterocycles. The normalized spacial score (nSPS) is 18.4. The van der Waals surface area contributed by atoms with Crippen molar-refractivity contribution in [3.8, 4) is 6.07 Å². The van der Waals surface area contributed by atoms with Gasteiger partial charge in [0.25, 0.3) is 0 Å². The van der Waals surface area contributed by atoms with Gasteiger partial charge in [0.05, 0.1) is 11.5 Å². The molecule has 0 unspecified atom stereocenters. The zero-order chi connectivity index (χ0) is 12.0. The van der Waals surface area contributed by atoms with Crippen molar-refractivity contribution >= 4 is 5.78 Å². The van der Waals surface area contributed by atoms with Gasteiger partial charge < -0.3 is 4.90 Å². The van der Waals surface area contributed by atoms with Crippen LogP contribution in [0.3, 0.4) is 0 Å². The number of nitrogens with zero attached hydrogens (tertiary/aromatic N) is 2. The molecule has 0 N–H and O–H groups in total. The molecular formula is C13H22N2O. The third kappa shape index (κ3) is 4.76. The van der Waals surface area contributed by atoms with Crippen LogP contribution in [0.5, 0.6) is 0 Å². The van der Waals surface area contributed by atoms with Crippen LogP contribution in [0.1, 0.15) is 46.0 Å². The van der Waals surface area contributed by atoms with E-state index in [1.54, 1.807) is 0 Å². The standard InChI is InChI=1S/C13H22N2O/c1-13(2,11-14)7-3-4-8-15-9-5-12(16)6-10-15/h3-10H2,1-2H3. The third-order valence-corrected chi connectivity index (χ3v) is 3.24. The average Bonchev–Trinajstić information content (AvgIpc) is 2.27. The van der Waals surface area contributed by atoms with Crippen molar-refractivity contribution in [1.82, 2.24) is 4.90 Å². The van der Waals surface area contributed by atoms with Crippen LogP contribution in [0.4, 0.5) is 0 Å². The second-order valence-corrected chi connectivity index (χ2v) is 5.33. The first-order chi connectivity index (χ1) is 7.53. The Morgan fingerprint density at radius 2 is 1.94 bits per heavy atom. The van der Waals surface area contributed by atoms with Gasteiger partial charge in [0.2, 0.25) is 0 Å². The molecule has 3 heteroatoms. The Labute approximate surface area is 98.4 Å². The Balaban J connectivity index is 2.08. The number of nitriles is 1. The van der Waals surface area contributed by atoms with Crippen LogP contribution in [0.2, 0.25) is 0 Å². The first-order valence-corrected chi connectivity index (χ1v) is 6.19. The first kappa shape index (κ1) is 13.2. The van der Waals surface area contributed by atoms with Crippen molar-refractivity contribution in [2.75, 3.05) is 19.6 Å². The Hall–Kier alpha value is -0.880. The van der Waals surface area contributed by atoms with E-state index < -0.39 is 0 Å². The van der Waals surface area contributed by atoms with Crippen LogP contribution in [-0.2, 0) is 4.79 Å². The van der Waals surface area contributed by atoms with E-state index in [1.165, 1.54) is 0 Å².